The van der Waals surface area contributed by atoms with E-state index < -0.39 is 0 Å². The normalized spacial score (nSPS) is 11.8. The molecule has 7 heteroatoms. The van der Waals surface area contributed by atoms with Crippen LogP contribution in [0.25, 0.3) is 11.4 Å². The van der Waals surface area contributed by atoms with Gasteiger partial charge in [0.1, 0.15) is 5.82 Å². The molecule has 0 saturated carbocycles. The van der Waals surface area contributed by atoms with Crippen molar-refractivity contribution in [3.8, 4) is 11.4 Å². The molecule has 1 aromatic carbocycles. The predicted molar refractivity (Wildman–Crippen MR) is 107 cm³/mol. The zero-order valence-electron chi connectivity index (χ0n) is 14.4. The first kappa shape index (κ1) is 18.3. The summed E-state index contributed by atoms with van der Waals surface area (Å²) in [6.45, 7) is 2.50. The number of hydrogen-bond donors (Lipinski definition) is 3. The van der Waals surface area contributed by atoms with Crippen LogP contribution >= 0.6 is 15.9 Å². The minimum absolute atomic E-state index is 0.00201. The lowest BCUT2D eigenvalue weighted by Crippen LogP contribution is -2.21. The maximum atomic E-state index is 9.28. The van der Waals surface area contributed by atoms with Crippen molar-refractivity contribution in [1.29, 1.82) is 0 Å². The number of benzene rings is 1. The SMILES string of the molecule is C[C@@H](CO)Nc1nc(NCc2cccc(Br)c2)cc(-c2ccccn2)n1. The van der Waals surface area contributed by atoms with E-state index in [0.29, 0.717) is 24.0 Å². The highest BCUT2D eigenvalue weighted by atomic mass is 79.9. The van der Waals surface area contributed by atoms with E-state index >= 15 is 0 Å². The summed E-state index contributed by atoms with van der Waals surface area (Å²) in [6, 6.07) is 15.5. The first-order valence-corrected chi connectivity index (χ1v) is 9.09. The second kappa shape index (κ2) is 8.73. The van der Waals surface area contributed by atoms with Gasteiger partial charge < -0.3 is 15.7 Å². The fraction of sp³-hybridized carbons (Fsp3) is 0.211. The maximum absolute atomic E-state index is 9.28. The van der Waals surface area contributed by atoms with Gasteiger partial charge in [0.25, 0.3) is 0 Å². The summed E-state index contributed by atoms with van der Waals surface area (Å²) in [5, 5.41) is 15.7. The Morgan fingerprint density at radius 1 is 1.08 bits per heavy atom. The van der Waals surface area contributed by atoms with E-state index in [4.69, 9.17) is 0 Å². The van der Waals surface area contributed by atoms with Gasteiger partial charge in [-0.3, -0.25) is 4.98 Å². The van der Waals surface area contributed by atoms with Crippen molar-refractivity contribution in [2.45, 2.75) is 19.5 Å². The van der Waals surface area contributed by atoms with E-state index in [-0.39, 0.29) is 12.6 Å². The average molecular weight is 414 g/mol. The smallest absolute Gasteiger partial charge is 0.225 e. The summed E-state index contributed by atoms with van der Waals surface area (Å²) in [6.07, 6.45) is 1.73. The second-order valence-corrected chi connectivity index (χ2v) is 6.80. The zero-order valence-corrected chi connectivity index (χ0v) is 15.9. The van der Waals surface area contributed by atoms with Gasteiger partial charge in [-0.2, -0.15) is 4.98 Å². The van der Waals surface area contributed by atoms with Crippen LogP contribution in [0.4, 0.5) is 11.8 Å². The molecule has 3 rings (SSSR count). The lowest BCUT2D eigenvalue weighted by molar-refractivity contribution is 0.281. The maximum Gasteiger partial charge on any atom is 0.225 e. The van der Waals surface area contributed by atoms with Crippen molar-refractivity contribution in [1.82, 2.24) is 15.0 Å². The molecule has 3 aromatic rings. The summed E-state index contributed by atoms with van der Waals surface area (Å²) >= 11 is 3.48. The van der Waals surface area contributed by atoms with Crippen molar-refractivity contribution in [2.24, 2.45) is 0 Å². The Labute approximate surface area is 160 Å². The van der Waals surface area contributed by atoms with E-state index in [1.807, 2.05) is 49.4 Å². The van der Waals surface area contributed by atoms with E-state index in [9.17, 15) is 5.11 Å². The summed E-state index contributed by atoms with van der Waals surface area (Å²) < 4.78 is 1.03. The number of anilines is 2. The van der Waals surface area contributed by atoms with Crippen LogP contribution < -0.4 is 10.6 Å². The van der Waals surface area contributed by atoms with Gasteiger partial charge in [0.05, 0.1) is 18.0 Å². The Bertz CT molecular complexity index is 860. The van der Waals surface area contributed by atoms with Gasteiger partial charge in [0.15, 0.2) is 0 Å². The molecule has 6 nitrogen and oxygen atoms in total. The number of nitrogens with one attached hydrogen (secondary N) is 2. The number of hydrogen-bond acceptors (Lipinski definition) is 6. The van der Waals surface area contributed by atoms with E-state index in [1.54, 1.807) is 6.20 Å². The van der Waals surface area contributed by atoms with Crippen molar-refractivity contribution in [3.63, 3.8) is 0 Å². The van der Waals surface area contributed by atoms with Crippen LogP contribution in [0.15, 0.2) is 59.2 Å². The lowest BCUT2D eigenvalue weighted by atomic mass is 10.2. The topological polar surface area (TPSA) is 83.0 Å². The number of aliphatic hydroxyl groups excluding tert-OH is 1. The van der Waals surface area contributed by atoms with Gasteiger partial charge in [-0.05, 0) is 36.8 Å². The molecule has 0 spiro atoms. The highest BCUT2D eigenvalue weighted by molar-refractivity contribution is 9.10. The highest BCUT2D eigenvalue weighted by Gasteiger charge is 2.10. The van der Waals surface area contributed by atoms with Gasteiger partial charge >= 0.3 is 0 Å². The minimum atomic E-state index is -0.146. The van der Waals surface area contributed by atoms with Crippen LogP contribution in [0.3, 0.4) is 0 Å². The van der Waals surface area contributed by atoms with Crippen molar-refractivity contribution in [3.05, 3.63) is 64.8 Å². The Morgan fingerprint density at radius 2 is 1.96 bits per heavy atom. The molecule has 26 heavy (non-hydrogen) atoms. The number of rotatable bonds is 7. The van der Waals surface area contributed by atoms with Gasteiger partial charge in [-0.1, -0.05) is 34.1 Å². The molecule has 0 aliphatic heterocycles. The van der Waals surface area contributed by atoms with Crippen molar-refractivity contribution < 1.29 is 5.11 Å². The molecule has 0 fully saturated rings. The van der Waals surface area contributed by atoms with Crippen LogP contribution in [0.1, 0.15) is 12.5 Å². The zero-order chi connectivity index (χ0) is 18.4. The Hall–Kier alpha value is -2.51. The Balaban J connectivity index is 1.86. The molecule has 3 N–H and O–H groups in total. The molecule has 0 bridgehead atoms. The van der Waals surface area contributed by atoms with Gasteiger partial charge in [0, 0.05) is 29.3 Å². The number of nitrogens with zero attached hydrogens (tertiary/aromatic N) is 3. The third-order valence-corrected chi connectivity index (χ3v) is 4.16. The molecule has 0 radical (unpaired) electrons. The van der Waals surface area contributed by atoms with Gasteiger partial charge in [-0.15, -0.1) is 0 Å². The fourth-order valence-electron chi connectivity index (χ4n) is 2.35. The summed E-state index contributed by atoms with van der Waals surface area (Å²) in [5.74, 6) is 1.14. The minimum Gasteiger partial charge on any atom is -0.394 e. The van der Waals surface area contributed by atoms with E-state index in [0.717, 1.165) is 15.7 Å². The van der Waals surface area contributed by atoms with Crippen LogP contribution in [0.5, 0.6) is 0 Å². The predicted octanol–water partition coefficient (Wildman–Crippen LogP) is 3.71. The molecule has 0 unspecified atom stereocenters. The van der Waals surface area contributed by atoms with E-state index in [1.165, 1.54) is 0 Å². The molecule has 1 atom stereocenters. The number of pyridine rings is 1. The number of aliphatic hydroxyl groups is 1. The quantitative estimate of drug-likeness (QED) is 0.547. The second-order valence-electron chi connectivity index (χ2n) is 5.89. The van der Waals surface area contributed by atoms with Gasteiger partial charge in [-0.25, -0.2) is 4.98 Å². The summed E-state index contributed by atoms with van der Waals surface area (Å²) in [7, 11) is 0. The standard InChI is InChI=1S/C19H20BrN5O/c1-13(12-26)23-19-24-17(16-7-2-3-8-21-16)10-18(25-19)22-11-14-5-4-6-15(20)9-14/h2-10,13,26H,11-12H2,1H3,(H2,22,23,24,25)/t13-/m0/s1. The largest absolute Gasteiger partial charge is 0.394 e. The molecule has 0 amide bonds. The average Bonchev–Trinajstić information content (AvgIpc) is 2.67. The number of halogens is 1. The van der Waals surface area contributed by atoms with Gasteiger partial charge in [0.2, 0.25) is 5.95 Å². The van der Waals surface area contributed by atoms with Crippen LogP contribution in [-0.2, 0) is 6.54 Å². The van der Waals surface area contributed by atoms with Crippen LogP contribution in [-0.4, -0.2) is 32.7 Å². The molecule has 134 valence electrons. The first-order chi connectivity index (χ1) is 12.6. The Morgan fingerprint density at radius 3 is 2.69 bits per heavy atom. The molecule has 2 aromatic heterocycles. The fourth-order valence-corrected chi connectivity index (χ4v) is 2.80. The van der Waals surface area contributed by atoms with Crippen LogP contribution in [0.2, 0.25) is 0 Å². The Kier molecular flexibility index (Phi) is 6.14. The van der Waals surface area contributed by atoms with E-state index in [2.05, 4.69) is 47.6 Å². The highest BCUT2D eigenvalue weighted by Crippen LogP contribution is 2.21. The van der Waals surface area contributed by atoms with Crippen LogP contribution in [0, 0.1) is 0 Å². The third-order valence-electron chi connectivity index (χ3n) is 3.67. The monoisotopic (exact) mass is 413 g/mol. The number of aromatic nitrogens is 3. The molecular formula is C19H20BrN5O. The molecule has 0 saturated heterocycles. The van der Waals surface area contributed by atoms with Crippen molar-refractivity contribution in [2.75, 3.05) is 17.2 Å². The lowest BCUT2D eigenvalue weighted by Gasteiger charge is -2.14. The van der Waals surface area contributed by atoms with Crippen molar-refractivity contribution >= 4 is 27.7 Å². The summed E-state index contributed by atoms with van der Waals surface area (Å²) in [4.78, 5) is 13.4. The first-order valence-electron chi connectivity index (χ1n) is 8.30. The molecule has 0 aliphatic rings. The summed E-state index contributed by atoms with van der Waals surface area (Å²) in [5.41, 5.74) is 2.61. The molecular weight excluding hydrogens is 394 g/mol. The molecule has 0 aliphatic carbocycles. The third kappa shape index (κ3) is 5.00. The molecule has 2 heterocycles.